The third kappa shape index (κ3) is 5.79. The van der Waals surface area contributed by atoms with E-state index in [1.165, 1.54) is 41.7 Å². The van der Waals surface area contributed by atoms with Gasteiger partial charge in [-0.3, -0.25) is 9.03 Å². The van der Waals surface area contributed by atoms with Crippen LogP contribution in [0.3, 0.4) is 0 Å². The van der Waals surface area contributed by atoms with Gasteiger partial charge in [-0.25, -0.2) is 16.8 Å². The normalized spacial score (nSPS) is 11.4. The van der Waals surface area contributed by atoms with Crippen LogP contribution in [0.2, 0.25) is 0 Å². The number of hydrogen-bond acceptors (Lipinski definition) is 5. The van der Waals surface area contributed by atoms with Crippen LogP contribution in [0, 0.1) is 25.7 Å². The Kier molecular flexibility index (Phi) is 7.50. The number of rotatable bonds is 7. The predicted octanol–water partition coefficient (Wildman–Crippen LogP) is 5.41. The first-order valence-electron chi connectivity index (χ1n) is 11.0. The van der Waals surface area contributed by atoms with Gasteiger partial charge in [-0.05, 0) is 61.7 Å². The summed E-state index contributed by atoms with van der Waals surface area (Å²) in [6.45, 7) is 3.57. The number of hydrogen-bond donors (Lipinski definition) is 1. The van der Waals surface area contributed by atoms with Crippen LogP contribution < -0.4 is 9.03 Å². The van der Waals surface area contributed by atoms with Crippen LogP contribution in [0.25, 0.3) is 0 Å². The number of nitrogens with zero attached hydrogens (tertiary/aromatic N) is 1. The summed E-state index contributed by atoms with van der Waals surface area (Å²) in [5.74, 6) is 5.91. The molecular formula is C27H24N2O4S3. The van der Waals surface area contributed by atoms with E-state index in [-0.39, 0.29) is 27.7 Å². The maximum atomic E-state index is 13.7. The highest BCUT2D eigenvalue weighted by Crippen LogP contribution is 2.32. The van der Waals surface area contributed by atoms with Gasteiger partial charge in [0, 0.05) is 0 Å². The molecule has 6 nitrogen and oxygen atoms in total. The third-order valence-corrected chi connectivity index (χ3v) is 9.25. The molecule has 0 unspecified atom stereocenters. The molecule has 0 atom stereocenters. The molecule has 0 radical (unpaired) electrons. The highest BCUT2D eigenvalue weighted by Gasteiger charge is 2.27. The van der Waals surface area contributed by atoms with Crippen molar-refractivity contribution in [2.75, 3.05) is 15.6 Å². The Labute approximate surface area is 216 Å². The third-order valence-electron chi connectivity index (χ3n) is 5.31. The zero-order chi connectivity index (χ0) is 25.8. The lowest BCUT2D eigenvalue weighted by molar-refractivity contribution is 0.592. The highest BCUT2D eigenvalue weighted by atomic mass is 32.2. The van der Waals surface area contributed by atoms with E-state index in [2.05, 4.69) is 16.6 Å². The molecule has 0 aliphatic rings. The monoisotopic (exact) mass is 536 g/mol. The minimum Gasteiger partial charge on any atom is -0.277 e. The molecule has 0 spiro atoms. The smallest absolute Gasteiger partial charge is 0.265 e. The number of aryl methyl sites for hydroxylation is 2. The molecule has 4 aromatic rings. The molecule has 0 bridgehead atoms. The molecule has 1 aromatic heterocycles. The summed E-state index contributed by atoms with van der Waals surface area (Å²) in [7, 11) is -8.02. The Bertz CT molecular complexity index is 1620. The van der Waals surface area contributed by atoms with Crippen molar-refractivity contribution < 1.29 is 16.8 Å². The van der Waals surface area contributed by atoms with Crippen molar-refractivity contribution in [3.63, 3.8) is 0 Å². The molecular weight excluding hydrogens is 513 g/mol. The molecule has 3 aromatic carbocycles. The summed E-state index contributed by atoms with van der Waals surface area (Å²) in [4.78, 5) is 0.964. The maximum Gasteiger partial charge on any atom is 0.265 e. The van der Waals surface area contributed by atoms with Gasteiger partial charge in [-0.2, -0.15) is 0 Å². The van der Waals surface area contributed by atoms with E-state index in [0.717, 1.165) is 20.3 Å². The quantitative estimate of drug-likeness (QED) is 0.320. The van der Waals surface area contributed by atoms with Crippen molar-refractivity contribution in [1.82, 2.24) is 0 Å². The second-order valence-electron chi connectivity index (χ2n) is 8.04. The maximum absolute atomic E-state index is 13.7. The van der Waals surface area contributed by atoms with Crippen molar-refractivity contribution in [3.8, 4) is 11.8 Å². The lowest BCUT2D eigenvalue weighted by Crippen LogP contribution is -2.32. The van der Waals surface area contributed by atoms with Crippen molar-refractivity contribution in [2.24, 2.45) is 0 Å². The molecule has 0 aliphatic carbocycles. The number of anilines is 2. The summed E-state index contributed by atoms with van der Waals surface area (Å²) in [6, 6.07) is 23.0. The molecule has 0 fully saturated rings. The van der Waals surface area contributed by atoms with E-state index in [0.29, 0.717) is 0 Å². The van der Waals surface area contributed by atoms with E-state index in [1.54, 1.807) is 42.5 Å². The zero-order valence-corrected chi connectivity index (χ0v) is 22.1. The first-order chi connectivity index (χ1) is 17.2. The van der Waals surface area contributed by atoms with Gasteiger partial charge in [0.1, 0.15) is 0 Å². The average molecular weight is 537 g/mol. The van der Waals surface area contributed by atoms with E-state index in [1.807, 2.05) is 31.4 Å². The van der Waals surface area contributed by atoms with Crippen molar-refractivity contribution in [1.29, 1.82) is 0 Å². The van der Waals surface area contributed by atoms with E-state index < -0.39 is 20.0 Å². The largest absolute Gasteiger partial charge is 0.277 e. The number of nitrogens with one attached hydrogen (secondary N) is 1. The molecule has 0 aliphatic heterocycles. The fraction of sp³-hybridized carbons (Fsp3) is 0.111. The fourth-order valence-corrected chi connectivity index (χ4v) is 6.44. The molecule has 36 heavy (non-hydrogen) atoms. The summed E-state index contributed by atoms with van der Waals surface area (Å²) in [5, 5.41) is 1.89. The second-order valence-corrected chi connectivity index (χ2v) is 12.5. The minimum atomic E-state index is -4.06. The molecule has 0 saturated heterocycles. The summed E-state index contributed by atoms with van der Waals surface area (Å²) >= 11 is 1.45. The predicted molar refractivity (Wildman–Crippen MR) is 145 cm³/mol. The number of sulfonamides is 2. The van der Waals surface area contributed by atoms with Crippen molar-refractivity contribution >= 4 is 42.8 Å². The molecule has 9 heteroatoms. The van der Waals surface area contributed by atoms with Crippen molar-refractivity contribution in [2.45, 2.75) is 23.6 Å². The average Bonchev–Trinajstić information content (AvgIpc) is 3.36. The molecule has 0 amide bonds. The Balaban J connectivity index is 1.78. The van der Waals surface area contributed by atoms with Crippen molar-refractivity contribution in [3.05, 3.63) is 106 Å². The summed E-state index contributed by atoms with van der Waals surface area (Å²) in [5.41, 5.74) is 2.15. The van der Waals surface area contributed by atoms with E-state index in [9.17, 15) is 16.8 Å². The van der Waals surface area contributed by atoms with Crippen LogP contribution in [0.1, 0.15) is 16.0 Å². The van der Waals surface area contributed by atoms with E-state index in [4.69, 9.17) is 0 Å². The first kappa shape index (κ1) is 25.5. The molecule has 184 valence electrons. The molecule has 1 heterocycles. The van der Waals surface area contributed by atoms with Gasteiger partial charge in [0.25, 0.3) is 20.0 Å². The summed E-state index contributed by atoms with van der Waals surface area (Å²) in [6.07, 6.45) is 0. The Hall–Kier alpha value is -3.58. The molecule has 4 rings (SSSR count). The fourth-order valence-electron chi connectivity index (χ4n) is 3.38. The van der Waals surface area contributed by atoms with Crippen LogP contribution in [0.5, 0.6) is 0 Å². The van der Waals surface area contributed by atoms with Crippen LogP contribution in [-0.2, 0) is 20.0 Å². The highest BCUT2D eigenvalue weighted by molar-refractivity contribution is 7.93. The number of thiophene rings is 1. The zero-order valence-electron chi connectivity index (χ0n) is 19.7. The van der Waals surface area contributed by atoms with Crippen LogP contribution >= 0.6 is 11.3 Å². The van der Waals surface area contributed by atoms with Gasteiger partial charge < -0.3 is 0 Å². The number of para-hydroxylation sites is 2. The van der Waals surface area contributed by atoms with Gasteiger partial charge in [0.2, 0.25) is 0 Å². The van der Waals surface area contributed by atoms with Gasteiger partial charge in [-0.1, -0.05) is 65.4 Å². The lowest BCUT2D eigenvalue weighted by Gasteiger charge is -2.25. The van der Waals surface area contributed by atoms with Gasteiger partial charge >= 0.3 is 0 Å². The van der Waals surface area contributed by atoms with Crippen LogP contribution in [0.15, 0.2) is 100 Å². The first-order valence-corrected chi connectivity index (χ1v) is 14.8. The standard InChI is InChI=1S/C27H24N2O4S3/c1-21-11-15-24(16-12-21)35(30,31)28-26-9-3-4-10-27(26)29(19-5-7-23-8-6-20-34-23)36(32,33)25-17-13-22(2)14-18-25/h3-4,6,8-18,20,28H,19H2,1-2H3. The van der Waals surface area contributed by atoms with Crippen LogP contribution in [-0.4, -0.2) is 23.4 Å². The van der Waals surface area contributed by atoms with Gasteiger partial charge in [0.15, 0.2) is 0 Å². The molecule has 0 saturated carbocycles. The summed E-state index contributed by atoms with van der Waals surface area (Å²) < 4.78 is 57.4. The lowest BCUT2D eigenvalue weighted by atomic mass is 10.2. The topological polar surface area (TPSA) is 83.6 Å². The second kappa shape index (κ2) is 10.6. The minimum absolute atomic E-state index is 0.0772. The van der Waals surface area contributed by atoms with Gasteiger partial charge in [0.05, 0.1) is 32.6 Å². The number of benzene rings is 3. The van der Waals surface area contributed by atoms with Crippen LogP contribution in [0.4, 0.5) is 11.4 Å². The SMILES string of the molecule is Cc1ccc(S(=O)(=O)Nc2ccccc2N(CC#Cc2cccs2)S(=O)(=O)c2ccc(C)cc2)cc1. The Morgan fingerprint density at radius 3 is 2.00 bits per heavy atom. The molecule has 1 N–H and O–H groups in total. The van der Waals surface area contributed by atoms with E-state index >= 15 is 0 Å². The van der Waals surface area contributed by atoms with Gasteiger partial charge in [-0.15, -0.1) is 11.3 Å². The Morgan fingerprint density at radius 2 is 1.39 bits per heavy atom. The Morgan fingerprint density at radius 1 is 0.778 bits per heavy atom.